The first-order valence-corrected chi connectivity index (χ1v) is 8.91. The predicted octanol–water partition coefficient (Wildman–Crippen LogP) is 4.13. The number of amides is 1. The van der Waals surface area contributed by atoms with Gasteiger partial charge in [-0.1, -0.05) is 29.3 Å². The number of aryl methyl sites for hydroxylation is 1. The molecule has 2 aromatic carbocycles. The van der Waals surface area contributed by atoms with Gasteiger partial charge in [0.05, 0.1) is 16.4 Å². The summed E-state index contributed by atoms with van der Waals surface area (Å²) in [5, 5.41) is 7.95. The first-order chi connectivity index (χ1) is 12.9. The summed E-state index contributed by atoms with van der Waals surface area (Å²) in [6.45, 7) is 1.71. The van der Waals surface area contributed by atoms with Crippen molar-refractivity contribution in [2.24, 2.45) is 0 Å². The molecule has 0 bridgehead atoms. The quantitative estimate of drug-likeness (QED) is 0.542. The van der Waals surface area contributed by atoms with Crippen molar-refractivity contribution >= 4 is 56.6 Å². The van der Waals surface area contributed by atoms with Crippen molar-refractivity contribution < 1.29 is 4.79 Å². The van der Waals surface area contributed by atoms with Crippen LogP contribution in [-0.4, -0.2) is 20.7 Å². The Bertz CT molecular complexity index is 1260. The Morgan fingerprint density at radius 2 is 2.00 bits per heavy atom. The topological polar surface area (TPSA) is 79.8 Å². The number of nitrogens with one attached hydrogen (secondary N) is 2. The summed E-state index contributed by atoms with van der Waals surface area (Å²) in [5.41, 5.74) is 2.47. The van der Waals surface area contributed by atoms with E-state index in [1.165, 1.54) is 10.9 Å². The Morgan fingerprint density at radius 3 is 2.78 bits per heavy atom. The van der Waals surface area contributed by atoms with Crippen LogP contribution >= 0.6 is 23.2 Å². The van der Waals surface area contributed by atoms with Crippen LogP contribution in [0.5, 0.6) is 0 Å². The predicted molar refractivity (Wildman–Crippen MR) is 108 cm³/mol. The largest absolute Gasteiger partial charge is 0.324 e. The van der Waals surface area contributed by atoms with Crippen molar-refractivity contribution in [3.8, 4) is 0 Å². The number of H-pyrrole nitrogens is 1. The van der Waals surface area contributed by atoms with Crippen LogP contribution < -0.4 is 10.9 Å². The van der Waals surface area contributed by atoms with Crippen molar-refractivity contribution in [1.82, 2.24) is 14.8 Å². The number of fused-ring (bicyclic) bond motifs is 3. The van der Waals surface area contributed by atoms with E-state index < -0.39 is 0 Å². The number of carbonyl (C=O) groups is 1. The smallest absolute Gasteiger partial charge is 0.276 e. The Labute approximate surface area is 163 Å². The number of hydrogen-bond donors (Lipinski definition) is 2. The third-order valence-corrected chi connectivity index (χ3v) is 4.95. The van der Waals surface area contributed by atoms with Crippen LogP contribution in [0, 0.1) is 6.92 Å². The fourth-order valence-electron chi connectivity index (χ4n) is 2.90. The number of benzene rings is 2. The third-order valence-electron chi connectivity index (χ3n) is 4.31. The Hall–Kier alpha value is -2.83. The lowest BCUT2D eigenvalue weighted by Crippen LogP contribution is -2.26. The summed E-state index contributed by atoms with van der Waals surface area (Å²) in [6, 6.07) is 10.5. The first kappa shape index (κ1) is 17.6. The molecule has 8 heteroatoms. The van der Waals surface area contributed by atoms with Crippen molar-refractivity contribution in [2.45, 2.75) is 13.5 Å². The molecule has 2 aromatic heterocycles. The van der Waals surface area contributed by atoms with Crippen LogP contribution in [0.15, 0.2) is 47.4 Å². The summed E-state index contributed by atoms with van der Waals surface area (Å²) in [4.78, 5) is 29.2. The molecule has 0 saturated carbocycles. The van der Waals surface area contributed by atoms with Gasteiger partial charge in [0.15, 0.2) is 0 Å². The van der Waals surface area contributed by atoms with Gasteiger partial charge in [0, 0.05) is 27.3 Å². The SMILES string of the molecule is Cc1ccc(NC(=O)Cn2[nH]c3c(cnc4ccc(Cl)cc43)c2=O)cc1Cl. The van der Waals surface area contributed by atoms with Crippen LogP contribution in [0.2, 0.25) is 10.0 Å². The van der Waals surface area contributed by atoms with E-state index in [2.05, 4.69) is 15.4 Å². The van der Waals surface area contributed by atoms with Crippen LogP contribution in [-0.2, 0) is 11.3 Å². The summed E-state index contributed by atoms with van der Waals surface area (Å²) in [6.07, 6.45) is 1.50. The van der Waals surface area contributed by atoms with Gasteiger partial charge >= 0.3 is 0 Å². The molecular formula is C19H14Cl2N4O2. The van der Waals surface area contributed by atoms with Crippen molar-refractivity contribution in [2.75, 3.05) is 5.32 Å². The van der Waals surface area contributed by atoms with Gasteiger partial charge in [-0.3, -0.25) is 19.7 Å². The molecule has 0 aliphatic heterocycles. The second kappa shape index (κ2) is 6.72. The first-order valence-electron chi connectivity index (χ1n) is 8.15. The third kappa shape index (κ3) is 3.29. The average Bonchev–Trinajstić information content (AvgIpc) is 2.94. The highest BCUT2D eigenvalue weighted by Gasteiger charge is 2.14. The summed E-state index contributed by atoms with van der Waals surface area (Å²) in [5.74, 6) is -0.348. The highest BCUT2D eigenvalue weighted by molar-refractivity contribution is 6.32. The molecule has 27 heavy (non-hydrogen) atoms. The van der Waals surface area contributed by atoms with E-state index in [1.807, 2.05) is 13.0 Å². The molecule has 0 atom stereocenters. The van der Waals surface area contributed by atoms with Gasteiger partial charge in [-0.15, -0.1) is 0 Å². The van der Waals surface area contributed by atoms with Gasteiger partial charge < -0.3 is 5.32 Å². The lowest BCUT2D eigenvalue weighted by molar-refractivity contribution is -0.116. The molecule has 0 fully saturated rings. The zero-order chi connectivity index (χ0) is 19.1. The maximum atomic E-state index is 12.6. The van der Waals surface area contributed by atoms with Gasteiger partial charge in [-0.25, -0.2) is 4.68 Å². The number of aromatic nitrogens is 3. The standard InChI is InChI=1S/C19H14Cl2N4O2/c1-10-2-4-12(7-15(10)21)23-17(26)9-25-19(27)14-8-22-16-5-3-11(20)6-13(16)18(14)24-25/h2-8,24H,9H2,1H3,(H,23,26). The fraction of sp³-hybridized carbons (Fsp3) is 0.105. The molecule has 4 rings (SSSR count). The summed E-state index contributed by atoms with van der Waals surface area (Å²) in [7, 11) is 0. The number of nitrogens with zero attached hydrogens (tertiary/aromatic N) is 2. The number of hydrogen-bond acceptors (Lipinski definition) is 3. The number of anilines is 1. The Morgan fingerprint density at radius 1 is 1.19 bits per heavy atom. The van der Waals surface area contributed by atoms with Crippen LogP contribution in [0.4, 0.5) is 5.69 Å². The van der Waals surface area contributed by atoms with E-state index in [4.69, 9.17) is 23.2 Å². The number of rotatable bonds is 3. The van der Waals surface area contributed by atoms with Crippen LogP contribution in [0.3, 0.4) is 0 Å². The number of aromatic amines is 1. The molecule has 6 nitrogen and oxygen atoms in total. The van der Waals surface area contributed by atoms with Gasteiger partial charge in [0.25, 0.3) is 5.56 Å². The van der Waals surface area contributed by atoms with Crippen LogP contribution in [0.25, 0.3) is 21.8 Å². The number of halogens is 2. The molecule has 0 aliphatic carbocycles. The fourth-order valence-corrected chi connectivity index (χ4v) is 3.26. The van der Waals surface area contributed by atoms with Crippen molar-refractivity contribution in [3.63, 3.8) is 0 Å². The van der Waals surface area contributed by atoms with Crippen LogP contribution in [0.1, 0.15) is 5.56 Å². The molecular weight excluding hydrogens is 387 g/mol. The maximum Gasteiger partial charge on any atom is 0.276 e. The van der Waals surface area contributed by atoms with E-state index in [-0.39, 0.29) is 18.0 Å². The lowest BCUT2D eigenvalue weighted by Gasteiger charge is -2.07. The second-order valence-corrected chi connectivity index (χ2v) is 7.07. The van der Waals surface area contributed by atoms with Gasteiger partial charge in [-0.2, -0.15) is 0 Å². The normalized spacial score (nSPS) is 11.2. The molecule has 0 unspecified atom stereocenters. The highest BCUT2D eigenvalue weighted by Crippen LogP contribution is 2.23. The van der Waals surface area contributed by atoms with Gasteiger partial charge in [0.2, 0.25) is 5.91 Å². The van der Waals surface area contributed by atoms with E-state index >= 15 is 0 Å². The minimum Gasteiger partial charge on any atom is -0.324 e. The average molecular weight is 401 g/mol. The van der Waals surface area contributed by atoms with E-state index in [0.29, 0.717) is 32.2 Å². The maximum absolute atomic E-state index is 12.6. The molecule has 0 aliphatic rings. The van der Waals surface area contributed by atoms with Gasteiger partial charge in [0.1, 0.15) is 6.54 Å². The van der Waals surface area contributed by atoms with Gasteiger partial charge in [-0.05, 0) is 42.8 Å². The molecule has 0 saturated heterocycles. The Kier molecular flexibility index (Phi) is 4.37. The summed E-state index contributed by atoms with van der Waals surface area (Å²) >= 11 is 12.1. The monoisotopic (exact) mass is 400 g/mol. The van der Waals surface area contributed by atoms with E-state index in [0.717, 1.165) is 10.9 Å². The van der Waals surface area contributed by atoms with E-state index in [9.17, 15) is 9.59 Å². The number of pyridine rings is 1. The zero-order valence-corrected chi connectivity index (χ0v) is 15.7. The van der Waals surface area contributed by atoms with E-state index in [1.54, 1.807) is 30.3 Å². The highest BCUT2D eigenvalue weighted by atomic mass is 35.5. The molecule has 4 aromatic rings. The Balaban J connectivity index is 1.67. The molecule has 2 N–H and O–H groups in total. The number of carbonyl (C=O) groups excluding carboxylic acids is 1. The molecule has 136 valence electrons. The summed E-state index contributed by atoms with van der Waals surface area (Å²) < 4.78 is 1.25. The van der Waals surface area contributed by atoms with Crippen molar-refractivity contribution in [1.29, 1.82) is 0 Å². The molecule has 2 heterocycles. The molecule has 1 amide bonds. The minimum absolute atomic E-state index is 0.166. The molecule has 0 spiro atoms. The van der Waals surface area contributed by atoms with Crippen molar-refractivity contribution in [3.05, 3.63) is 68.6 Å². The minimum atomic E-state index is -0.348. The second-order valence-electron chi connectivity index (χ2n) is 6.22. The zero-order valence-electron chi connectivity index (χ0n) is 14.2. The lowest BCUT2D eigenvalue weighted by atomic mass is 10.2. The molecule has 0 radical (unpaired) electrons.